The second-order valence-corrected chi connectivity index (χ2v) is 22.3. The Kier molecular flexibility index (Phi) is 14.7. The number of hydrogen-bond acceptors (Lipinski definition) is 1. The number of hydrogen-bond donors (Lipinski definition) is 0. The van der Waals surface area contributed by atoms with Gasteiger partial charge in [-0.3, -0.25) is 0 Å². The zero-order chi connectivity index (χ0) is 31.6. The molecule has 0 spiro atoms. The van der Waals surface area contributed by atoms with E-state index in [0.717, 1.165) is 44.9 Å². The molecule has 0 aliphatic heterocycles. The number of rotatable bonds is 21. The summed E-state index contributed by atoms with van der Waals surface area (Å²) in [6, 6.07) is 6.65. The van der Waals surface area contributed by atoms with Gasteiger partial charge in [0.2, 0.25) is 5.82 Å². The number of fused-ring (bicyclic) bond motifs is 1. The topological polar surface area (TPSA) is 9.23 Å². The van der Waals surface area contributed by atoms with Crippen molar-refractivity contribution >= 4 is 22.2 Å². The SMILES string of the molecule is CCCCCC[Si](CCCCCC[Si](CCC)(CCC)CCC)(Oc1c(F)c(F)c(F)c2c1C(F)(F)[C]=C2F)C(C)C. The van der Waals surface area contributed by atoms with Crippen molar-refractivity contribution < 1.29 is 30.8 Å². The average molecular weight is 636 g/mol. The van der Waals surface area contributed by atoms with Crippen LogP contribution in [0.15, 0.2) is 0 Å². The highest BCUT2D eigenvalue weighted by Crippen LogP contribution is 2.52. The first-order valence-corrected chi connectivity index (χ1v) is 21.7. The Morgan fingerprint density at radius 2 is 1.14 bits per heavy atom. The smallest absolute Gasteiger partial charge is 0.306 e. The third kappa shape index (κ3) is 8.92. The molecule has 1 aliphatic carbocycles. The molecule has 1 unspecified atom stereocenters. The Morgan fingerprint density at radius 3 is 1.62 bits per heavy atom. The monoisotopic (exact) mass is 635 g/mol. The minimum Gasteiger partial charge on any atom is -0.541 e. The molecule has 0 fully saturated rings. The summed E-state index contributed by atoms with van der Waals surface area (Å²) >= 11 is 0. The van der Waals surface area contributed by atoms with Crippen molar-refractivity contribution in [2.45, 2.75) is 160 Å². The lowest BCUT2D eigenvalue weighted by Crippen LogP contribution is -2.45. The third-order valence-corrected chi connectivity index (χ3v) is 20.5. The van der Waals surface area contributed by atoms with Gasteiger partial charge < -0.3 is 4.43 Å². The van der Waals surface area contributed by atoms with Crippen LogP contribution >= 0.6 is 0 Å². The van der Waals surface area contributed by atoms with Gasteiger partial charge in [0.15, 0.2) is 17.4 Å². The molecule has 1 aromatic rings. The summed E-state index contributed by atoms with van der Waals surface area (Å²) in [5, 5.41) is 0. The van der Waals surface area contributed by atoms with Crippen LogP contribution in [0.25, 0.3) is 5.83 Å². The van der Waals surface area contributed by atoms with E-state index >= 15 is 4.39 Å². The predicted octanol–water partition coefficient (Wildman–Crippen LogP) is 12.9. The highest BCUT2D eigenvalue weighted by atomic mass is 28.4. The van der Waals surface area contributed by atoms with E-state index in [1.165, 1.54) is 55.9 Å². The van der Waals surface area contributed by atoms with Crippen molar-refractivity contribution in [1.29, 1.82) is 0 Å². The molecule has 1 radical (unpaired) electrons. The summed E-state index contributed by atoms with van der Waals surface area (Å²) in [7, 11) is -4.28. The Labute approximate surface area is 253 Å². The van der Waals surface area contributed by atoms with E-state index in [0.29, 0.717) is 12.1 Å². The van der Waals surface area contributed by atoms with Crippen LogP contribution in [0.2, 0.25) is 41.8 Å². The van der Waals surface area contributed by atoms with E-state index in [2.05, 4.69) is 27.7 Å². The highest BCUT2D eigenvalue weighted by molar-refractivity contribution is 6.79. The molecule has 0 N–H and O–H groups in total. The van der Waals surface area contributed by atoms with E-state index in [4.69, 9.17) is 4.43 Å². The molecule has 42 heavy (non-hydrogen) atoms. The Morgan fingerprint density at radius 1 is 0.643 bits per heavy atom. The van der Waals surface area contributed by atoms with Gasteiger partial charge in [0.05, 0.1) is 25.3 Å². The minimum absolute atomic E-state index is 0.0992. The van der Waals surface area contributed by atoms with E-state index in [1.54, 1.807) is 0 Å². The maximum atomic E-state index is 15.2. The van der Waals surface area contributed by atoms with Gasteiger partial charge in [-0.2, -0.15) is 13.2 Å². The van der Waals surface area contributed by atoms with Gasteiger partial charge in [0.25, 0.3) is 8.32 Å². The maximum absolute atomic E-state index is 15.2. The van der Waals surface area contributed by atoms with E-state index in [9.17, 15) is 22.0 Å². The van der Waals surface area contributed by atoms with Crippen molar-refractivity contribution in [2.24, 2.45) is 0 Å². The first-order valence-electron chi connectivity index (χ1n) is 16.4. The number of allylic oxidation sites excluding steroid dienone is 1. The lowest BCUT2D eigenvalue weighted by atomic mass is 10.0. The normalized spacial score (nSPS) is 16.1. The van der Waals surface area contributed by atoms with Crippen LogP contribution in [0, 0.1) is 23.5 Å². The number of unbranched alkanes of at least 4 members (excludes halogenated alkanes) is 6. The quantitative estimate of drug-likeness (QED) is 0.0565. The van der Waals surface area contributed by atoms with E-state index in [-0.39, 0.29) is 5.54 Å². The van der Waals surface area contributed by atoms with Gasteiger partial charge in [-0.05, 0) is 17.6 Å². The first-order chi connectivity index (χ1) is 19.8. The van der Waals surface area contributed by atoms with E-state index < -0.39 is 62.5 Å². The standard InChI is InChI=1S/C33H53F6OSi2/c1-7-11-12-16-22-42(25(5)6,23-17-14-13-15-21-41(18-8-2,19-9-3)20-10-4)40-32-28-27(26(34)24-33(28,38)39)29(35)30(36)31(32)37/h25H,7-23H2,1-6H3. The summed E-state index contributed by atoms with van der Waals surface area (Å²) in [6.45, 7) is 12.8. The molecule has 2 rings (SSSR count). The zero-order valence-electron chi connectivity index (χ0n) is 26.8. The summed E-state index contributed by atoms with van der Waals surface area (Å²) < 4.78 is 94.5. The molecule has 0 amide bonds. The van der Waals surface area contributed by atoms with Crippen molar-refractivity contribution in [3.8, 4) is 5.75 Å². The number of benzene rings is 1. The van der Waals surface area contributed by atoms with Crippen molar-refractivity contribution in [3.63, 3.8) is 0 Å². The van der Waals surface area contributed by atoms with Crippen LogP contribution in [0.5, 0.6) is 5.75 Å². The summed E-state index contributed by atoms with van der Waals surface area (Å²) in [4.78, 5) is 0. The van der Waals surface area contributed by atoms with Crippen LogP contribution in [-0.4, -0.2) is 16.4 Å². The predicted molar refractivity (Wildman–Crippen MR) is 168 cm³/mol. The fourth-order valence-electron chi connectivity index (χ4n) is 7.10. The molecule has 0 bridgehead atoms. The van der Waals surface area contributed by atoms with Crippen molar-refractivity contribution in [3.05, 3.63) is 34.7 Å². The molecular formula is C33H53F6OSi2. The van der Waals surface area contributed by atoms with Gasteiger partial charge >= 0.3 is 5.92 Å². The first kappa shape index (κ1) is 37.0. The fraction of sp³-hybridized carbons (Fsp3) is 0.758. The van der Waals surface area contributed by atoms with Gasteiger partial charge in [-0.25, -0.2) is 13.2 Å². The van der Waals surface area contributed by atoms with Gasteiger partial charge in [-0.15, -0.1) is 0 Å². The second kappa shape index (κ2) is 16.7. The molecule has 1 aromatic carbocycles. The molecule has 1 atom stereocenters. The number of halogens is 6. The van der Waals surface area contributed by atoms with E-state index in [1.807, 2.05) is 13.8 Å². The second-order valence-electron chi connectivity index (χ2n) is 12.8. The molecule has 0 aromatic heterocycles. The summed E-state index contributed by atoms with van der Waals surface area (Å²) in [6.07, 6.45) is 12.7. The molecule has 0 saturated carbocycles. The van der Waals surface area contributed by atoms with Crippen molar-refractivity contribution in [2.75, 3.05) is 0 Å². The van der Waals surface area contributed by atoms with Gasteiger partial charge in [-0.1, -0.05) is 136 Å². The molecule has 241 valence electrons. The van der Waals surface area contributed by atoms with Crippen molar-refractivity contribution in [1.82, 2.24) is 0 Å². The summed E-state index contributed by atoms with van der Waals surface area (Å²) in [5.74, 6) is -12.6. The maximum Gasteiger partial charge on any atom is 0.306 e. The fourth-order valence-corrected chi connectivity index (χ4v) is 16.9. The van der Waals surface area contributed by atoms with Crippen LogP contribution in [-0.2, 0) is 5.92 Å². The Hall–Kier alpha value is -1.23. The van der Waals surface area contributed by atoms with Crippen LogP contribution in [0.1, 0.15) is 123 Å². The Bertz CT molecular complexity index is 1010. The number of alkyl halides is 2. The molecule has 0 saturated heterocycles. The average Bonchev–Trinajstić information content (AvgIpc) is 3.17. The summed E-state index contributed by atoms with van der Waals surface area (Å²) in [5.41, 5.74) is -2.64. The van der Waals surface area contributed by atoms with Crippen LogP contribution < -0.4 is 4.43 Å². The lowest BCUT2D eigenvalue weighted by Gasteiger charge is -2.37. The largest absolute Gasteiger partial charge is 0.541 e. The van der Waals surface area contributed by atoms with Gasteiger partial charge in [0.1, 0.15) is 5.83 Å². The third-order valence-electron chi connectivity index (χ3n) is 9.29. The lowest BCUT2D eigenvalue weighted by molar-refractivity contribution is 0.0440. The molecule has 1 nitrogen and oxygen atoms in total. The van der Waals surface area contributed by atoms with Crippen LogP contribution in [0.3, 0.4) is 0 Å². The highest BCUT2D eigenvalue weighted by Gasteiger charge is 2.50. The van der Waals surface area contributed by atoms with Gasteiger partial charge in [0, 0.05) is 0 Å². The molecule has 0 heterocycles. The van der Waals surface area contributed by atoms with Crippen LogP contribution in [0.4, 0.5) is 26.3 Å². The molecule has 9 heteroatoms. The molecular weight excluding hydrogens is 583 g/mol. The zero-order valence-corrected chi connectivity index (χ0v) is 28.8. The minimum atomic E-state index is -4.12. The Balaban J connectivity index is 2.29. The molecule has 1 aliphatic rings.